The maximum absolute atomic E-state index is 12.7. The van der Waals surface area contributed by atoms with Crippen molar-refractivity contribution >= 4 is 63.2 Å². The van der Waals surface area contributed by atoms with E-state index in [1.165, 1.54) is 18.4 Å². The number of nitrogen functional groups attached to an aromatic ring is 1. The average Bonchev–Trinajstić information content (AvgIpc) is 3.40. The van der Waals surface area contributed by atoms with E-state index in [1.807, 2.05) is 23.7 Å². The van der Waals surface area contributed by atoms with E-state index in [4.69, 9.17) is 10.6 Å². The number of anilines is 1. The lowest BCUT2D eigenvalue weighted by Crippen LogP contribution is -2.69. The van der Waals surface area contributed by atoms with Crippen molar-refractivity contribution in [1.29, 1.82) is 0 Å². The summed E-state index contributed by atoms with van der Waals surface area (Å²) in [6, 6.07) is -0.633. The van der Waals surface area contributed by atoms with Crippen molar-refractivity contribution in [3.05, 3.63) is 45.5 Å². The summed E-state index contributed by atoms with van der Waals surface area (Å²) in [5.74, 6) is 0.0177. The zero-order valence-corrected chi connectivity index (χ0v) is 17.6. The van der Waals surface area contributed by atoms with Crippen molar-refractivity contribution < 1.29 is 14.4 Å². The van der Waals surface area contributed by atoms with Crippen LogP contribution in [0.4, 0.5) is 5.13 Å². The molecule has 9 nitrogen and oxygen atoms in total. The molecular formula is C17H16N6O3S3. The lowest BCUT2D eigenvalue weighted by molar-refractivity contribution is -0.143. The number of thiazole rings is 2. The van der Waals surface area contributed by atoms with E-state index in [1.54, 1.807) is 39.6 Å². The molecule has 2 aromatic rings. The Hall–Kier alpha value is -2.70. The number of nitrogens with one attached hydrogen (secondary N) is 1. The van der Waals surface area contributed by atoms with Crippen LogP contribution in [0.2, 0.25) is 0 Å². The van der Waals surface area contributed by atoms with Crippen LogP contribution in [0, 0.1) is 0 Å². The van der Waals surface area contributed by atoms with Crippen molar-refractivity contribution in [2.45, 2.75) is 11.4 Å². The molecule has 1 fully saturated rings. The zero-order valence-electron chi connectivity index (χ0n) is 15.1. The Labute approximate surface area is 178 Å². The van der Waals surface area contributed by atoms with Gasteiger partial charge in [-0.3, -0.25) is 9.59 Å². The van der Waals surface area contributed by atoms with E-state index in [9.17, 15) is 9.59 Å². The maximum atomic E-state index is 12.7. The average molecular weight is 449 g/mol. The Morgan fingerprint density at radius 2 is 2.31 bits per heavy atom. The molecule has 0 spiro atoms. The molecule has 1 unspecified atom stereocenters. The second-order valence-electron chi connectivity index (χ2n) is 6.00. The monoisotopic (exact) mass is 448 g/mol. The highest BCUT2D eigenvalue weighted by Crippen LogP contribution is 2.36. The normalized spacial score (nSPS) is 21.6. The topological polar surface area (TPSA) is 123 Å². The van der Waals surface area contributed by atoms with Gasteiger partial charge in [-0.15, -0.1) is 34.4 Å². The first kappa shape index (κ1) is 19.6. The Kier molecular flexibility index (Phi) is 5.65. The van der Waals surface area contributed by atoms with Crippen LogP contribution in [0.3, 0.4) is 0 Å². The van der Waals surface area contributed by atoms with Crippen LogP contribution in [0.5, 0.6) is 0 Å². The van der Waals surface area contributed by atoms with Crippen molar-refractivity contribution in [1.82, 2.24) is 20.2 Å². The number of hydrogen-bond donors (Lipinski definition) is 2. The van der Waals surface area contributed by atoms with Crippen LogP contribution < -0.4 is 11.1 Å². The molecule has 1 saturated heterocycles. The Bertz CT molecular complexity index is 1010. The largest absolute Gasteiger partial charge is 0.398 e. The van der Waals surface area contributed by atoms with E-state index >= 15 is 0 Å². The van der Waals surface area contributed by atoms with Crippen LogP contribution >= 0.6 is 34.4 Å². The molecule has 0 radical (unpaired) electrons. The number of nitrogens with two attached hydrogens (primary N) is 1. The third-order valence-electron chi connectivity index (χ3n) is 4.15. The van der Waals surface area contributed by atoms with E-state index in [0.29, 0.717) is 10.8 Å². The fourth-order valence-corrected chi connectivity index (χ4v) is 5.13. The molecule has 2 aliphatic rings. The van der Waals surface area contributed by atoms with Gasteiger partial charge in [-0.25, -0.2) is 9.97 Å². The van der Waals surface area contributed by atoms with Crippen LogP contribution in [-0.2, 0) is 14.4 Å². The molecular weight excluding hydrogens is 432 g/mol. The Balaban J connectivity index is 1.42. The van der Waals surface area contributed by atoms with Gasteiger partial charge in [0.15, 0.2) is 10.8 Å². The summed E-state index contributed by atoms with van der Waals surface area (Å²) in [4.78, 5) is 39.8. The molecule has 3 N–H and O–H groups in total. The highest BCUT2D eigenvalue weighted by Gasteiger charge is 2.49. The molecule has 0 saturated carbocycles. The number of carbonyl (C=O) groups is 2. The molecule has 29 heavy (non-hydrogen) atoms. The van der Waals surface area contributed by atoms with Crippen LogP contribution in [0.1, 0.15) is 10.7 Å². The molecule has 2 aliphatic heterocycles. The Morgan fingerprint density at radius 3 is 3.00 bits per heavy atom. The van der Waals surface area contributed by atoms with Gasteiger partial charge in [-0.2, -0.15) is 0 Å². The number of hydrogen-bond acceptors (Lipinski definition) is 10. The number of amides is 2. The fourth-order valence-electron chi connectivity index (χ4n) is 2.82. The number of carbonyl (C=O) groups excluding carboxylic acids is 2. The van der Waals surface area contributed by atoms with Crippen LogP contribution in [0.25, 0.3) is 6.08 Å². The van der Waals surface area contributed by atoms with Gasteiger partial charge in [0, 0.05) is 28.9 Å². The van der Waals surface area contributed by atoms with E-state index in [-0.39, 0.29) is 17.0 Å². The van der Waals surface area contributed by atoms with Crippen molar-refractivity contribution in [3.63, 3.8) is 0 Å². The van der Waals surface area contributed by atoms with Gasteiger partial charge in [0.2, 0.25) is 0 Å². The van der Waals surface area contributed by atoms with Gasteiger partial charge in [-0.1, -0.05) is 11.2 Å². The minimum Gasteiger partial charge on any atom is -0.398 e. The first-order chi connectivity index (χ1) is 14.1. The molecule has 2 aromatic heterocycles. The minimum absolute atomic E-state index is 0.0184. The number of thioether (sulfide) groups is 1. The van der Waals surface area contributed by atoms with Crippen molar-refractivity contribution in [2.75, 3.05) is 18.6 Å². The summed E-state index contributed by atoms with van der Waals surface area (Å²) in [7, 11) is 1.34. The van der Waals surface area contributed by atoms with Gasteiger partial charge in [0.25, 0.3) is 11.8 Å². The van der Waals surface area contributed by atoms with Gasteiger partial charge in [0.1, 0.15) is 29.2 Å². The quantitative estimate of drug-likeness (QED) is 0.390. The maximum Gasteiger partial charge on any atom is 0.276 e. The lowest BCUT2D eigenvalue weighted by atomic mass is 10.1. The summed E-state index contributed by atoms with van der Waals surface area (Å²) in [6.07, 6.45) is 7.45. The highest BCUT2D eigenvalue weighted by molar-refractivity contribution is 8.00. The van der Waals surface area contributed by atoms with Gasteiger partial charge in [-0.05, 0) is 11.6 Å². The smallest absolute Gasteiger partial charge is 0.276 e. The molecule has 2 atom stereocenters. The predicted molar refractivity (Wildman–Crippen MR) is 114 cm³/mol. The second-order valence-corrected chi connectivity index (χ2v) is 8.92. The van der Waals surface area contributed by atoms with Crippen molar-refractivity contribution in [2.24, 2.45) is 5.16 Å². The SMILES string of the molecule is CON=C(C(=O)NC1C(=O)N2C=C(C=Cc3nccs3)CS[C@H]12)c1csc(N)n1. The summed E-state index contributed by atoms with van der Waals surface area (Å²) >= 11 is 4.32. The number of oxime groups is 1. The number of nitrogens with zero attached hydrogens (tertiary/aromatic N) is 4. The lowest BCUT2D eigenvalue weighted by Gasteiger charge is -2.47. The van der Waals surface area contributed by atoms with Gasteiger partial charge in [0.05, 0.1) is 0 Å². The van der Waals surface area contributed by atoms with E-state index < -0.39 is 11.9 Å². The number of β-lactam (4-membered cyclic amide) rings is 1. The molecule has 2 amide bonds. The van der Waals surface area contributed by atoms with E-state index in [0.717, 1.165) is 16.3 Å². The number of fused-ring (bicyclic) bond motifs is 1. The number of rotatable bonds is 6. The third-order valence-corrected chi connectivity index (χ3v) is 6.90. The number of allylic oxidation sites excluding steroid dienone is 1. The first-order valence-electron chi connectivity index (χ1n) is 8.42. The minimum atomic E-state index is -0.633. The molecule has 4 rings (SSSR count). The Morgan fingerprint density at radius 1 is 1.45 bits per heavy atom. The first-order valence-corrected chi connectivity index (χ1v) is 11.2. The van der Waals surface area contributed by atoms with Crippen molar-refractivity contribution in [3.8, 4) is 0 Å². The fraction of sp³-hybridized carbons (Fsp3) is 0.235. The summed E-state index contributed by atoms with van der Waals surface area (Å²) in [6.45, 7) is 0. The molecule has 4 heterocycles. The zero-order chi connectivity index (χ0) is 20.4. The second kappa shape index (κ2) is 8.35. The summed E-state index contributed by atoms with van der Waals surface area (Å²) < 4.78 is 0. The van der Waals surface area contributed by atoms with Gasteiger partial charge < -0.3 is 20.8 Å². The summed E-state index contributed by atoms with van der Waals surface area (Å²) in [5, 5.41) is 11.1. The van der Waals surface area contributed by atoms with Crippen LogP contribution in [0.15, 0.2) is 40.0 Å². The summed E-state index contributed by atoms with van der Waals surface area (Å²) in [5.41, 5.74) is 6.93. The highest BCUT2D eigenvalue weighted by atomic mass is 32.2. The van der Waals surface area contributed by atoms with Crippen LogP contribution in [-0.4, -0.2) is 56.7 Å². The standard InChI is InChI=1S/C17H16N6O3S3/c1-26-22-12(10-8-29-17(18)20-10)14(24)21-13-15(25)23-6-9(7-28-16(13)23)2-3-11-19-4-5-27-11/h2-6,8,13,16H,7H2,1H3,(H2,18,20)(H,21,24)/t13?,16-/m1/s1. The predicted octanol–water partition coefficient (Wildman–Crippen LogP) is 1.53. The molecule has 150 valence electrons. The molecule has 0 aromatic carbocycles. The third kappa shape index (κ3) is 4.04. The number of aromatic nitrogens is 2. The van der Waals surface area contributed by atoms with E-state index in [2.05, 4.69) is 20.4 Å². The van der Waals surface area contributed by atoms with Gasteiger partial charge >= 0.3 is 0 Å². The molecule has 12 heteroatoms. The molecule has 0 aliphatic carbocycles. The molecule has 0 bridgehead atoms.